The van der Waals surface area contributed by atoms with Crippen LogP contribution >= 0.6 is 0 Å². The second-order valence-electron chi connectivity index (χ2n) is 3.58. The van der Waals surface area contributed by atoms with E-state index in [1.54, 1.807) is 7.05 Å². The Bertz CT molecular complexity index is 481. The Morgan fingerprint density at radius 2 is 2.24 bits per heavy atom. The lowest BCUT2D eigenvalue weighted by molar-refractivity contribution is 0.100. The van der Waals surface area contributed by atoms with Crippen LogP contribution in [0.3, 0.4) is 0 Å². The number of nitriles is 1. The molecular formula is C11H13FN4O. The molecule has 0 bridgehead atoms. The Balaban J connectivity index is 3.12. The van der Waals surface area contributed by atoms with E-state index in [0.29, 0.717) is 6.54 Å². The zero-order chi connectivity index (χ0) is 13.0. The lowest BCUT2D eigenvalue weighted by Crippen LogP contribution is -2.21. The number of amides is 1. The summed E-state index contributed by atoms with van der Waals surface area (Å²) in [4.78, 5) is 12.6. The van der Waals surface area contributed by atoms with E-state index < -0.39 is 11.7 Å². The van der Waals surface area contributed by atoms with Gasteiger partial charge in [0.1, 0.15) is 5.82 Å². The van der Waals surface area contributed by atoms with Crippen LogP contribution in [0.15, 0.2) is 12.1 Å². The molecule has 6 heteroatoms. The molecule has 0 atom stereocenters. The van der Waals surface area contributed by atoms with Crippen molar-refractivity contribution in [3.63, 3.8) is 0 Å². The van der Waals surface area contributed by atoms with Crippen molar-refractivity contribution in [2.45, 2.75) is 6.42 Å². The van der Waals surface area contributed by atoms with Gasteiger partial charge >= 0.3 is 0 Å². The van der Waals surface area contributed by atoms with Gasteiger partial charge in [0.25, 0.3) is 5.91 Å². The van der Waals surface area contributed by atoms with E-state index in [4.69, 9.17) is 16.7 Å². The highest BCUT2D eigenvalue weighted by molar-refractivity contribution is 5.99. The third-order valence-electron chi connectivity index (χ3n) is 2.35. The van der Waals surface area contributed by atoms with Gasteiger partial charge in [0, 0.05) is 19.3 Å². The number of carbonyl (C=O) groups is 1. The Kier molecular flexibility index (Phi) is 3.88. The quantitative estimate of drug-likeness (QED) is 0.757. The zero-order valence-corrected chi connectivity index (χ0v) is 9.40. The minimum absolute atomic E-state index is 0.00688. The molecule has 0 heterocycles. The number of nitrogen functional groups attached to an aromatic ring is 1. The van der Waals surface area contributed by atoms with Gasteiger partial charge in [-0.25, -0.2) is 4.39 Å². The fourth-order valence-electron chi connectivity index (χ4n) is 1.42. The molecule has 4 N–H and O–H groups in total. The topological polar surface area (TPSA) is 96.1 Å². The van der Waals surface area contributed by atoms with Gasteiger partial charge in [0.05, 0.1) is 23.7 Å². The van der Waals surface area contributed by atoms with Gasteiger partial charge in [-0.3, -0.25) is 4.79 Å². The predicted molar refractivity (Wildman–Crippen MR) is 62.8 cm³/mol. The van der Waals surface area contributed by atoms with Crippen molar-refractivity contribution in [2.75, 3.05) is 24.2 Å². The first-order chi connectivity index (χ1) is 7.97. The van der Waals surface area contributed by atoms with Crippen LogP contribution in [-0.4, -0.2) is 19.5 Å². The third-order valence-corrected chi connectivity index (χ3v) is 2.35. The van der Waals surface area contributed by atoms with E-state index in [-0.39, 0.29) is 23.4 Å². The van der Waals surface area contributed by atoms with E-state index >= 15 is 0 Å². The normalized spacial score (nSPS) is 9.71. The standard InChI is InChI=1S/C11H13FN4O/c1-16(4-2-3-13)10-5-7(11(15)17)9(14)6-8(10)12/h5-6H,2,4,14H2,1H3,(H2,15,17). The van der Waals surface area contributed by atoms with Crippen LogP contribution < -0.4 is 16.4 Å². The summed E-state index contributed by atoms with van der Waals surface area (Å²) < 4.78 is 13.6. The molecule has 17 heavy (non-hydrogen) atoms. The molecule has 1 rings (SSSR count). The van der Waals surface area contributed by atoms with Gasteiger partial charge in [-0.2, -0.15) is 5.26 Å². The molecule has 0 aliphatic carbocycles. The van der Waals surface area contributed by atoms with Crippen molar-refractivity contribution in [3.8, 4) is 6.07 Å². The first-order valence-electron chi connectivity index (χ1n) is 4.94. The maximum Gasteiger partial charge on any atom is 0.250 e. The Labute approximate surface area is 98.4 Å². The summed E-state index contributed by atoms with van der Waals surface area (Å²) in [6, 6.07) is 4.31. The molecule has 0 spiro atoms. The molecule has 5 nitrogen and oxygen atoms in total. The predicted octanol–water partition coefficient (Wildman–Crippen LogP) is 0.857. The van der Waals surface area contributed by atoms with Gasteiger partial charge in [-0.15, -0.1) is 0 Å². The molecule has 0 saturated carbocycles. The molecular weight excluding hydrogens is 223 g/mol. The van der Waals surface area contributed by atoms with E-state index in [0.717, 1.165) is 6.07 Å². The fraction of sp³-hybridized carbons (Fsp3) is 0.273. The van der Waals surface area contributed by atoms with Crippen molar-refractivity contribution in [1.82, 2.24) is 0 Å². The van der Waals surface area contributed by atoms with Crippen LogP contribution in [0.2, 0.25) is 0 Å². The monoisotopic (exact) mass is 236 g/mol. The highest BCUT2D eigenvalue weighted by Gasteiger charge is 2.14. The Morgan fingerprint density at radius 3 is 2.76 bits per heavy atom. The first-order valence-corrected chi connectivity index (χ1v) is 4.94. The average Bonchev–Trinajstić information content (AvgIpc) is 2.25. The van der Waals surface area contributed by atoms with E-state index in [9.17, 15) is 9.18 Å². The van der Waals surface area contributed by atoms with Gasteiger partial charge in [-0.05, 0) is 12.1 Å². The van der Waals surface area contributed by atoms with Crippen LogP contribution in [-0.2, 0) is 0 Å². The lowest BCUT2D eigenvalue weighted by atomic mass is 10.1. The van der Waals surface area contributed by atoms with Crippen molar-refractivity contribution < 1.29 is 9.18 Å². The first kappa shape index (κ1) is 12.8. The number of nitrogens with zero attached hydrogens (tertiary/aromatic N) is 2. The van der Waals surface area contributed by atoms with Crippen molar-refractivity contribution >= 4 is 17.3 Å². The van der Waals surface area contributed by atoms with Crippen LogP contribution in [0.5, 0.6) is 0 Å². The number of halogens is 1. The molecule has 1 aromatic rings. The molecule has 0 unspecified atom stereocenters. The second kappa shape index (κ2) is 5.16. The molecule has 0 aromatic heterocycles. The number of hydrogen-bond acceptors (Lipinski definition) is 4. The van der Waals surface area contributed by atoms with Crippen molar-refractivity contribution in [1.29, 1.82) is 5.26 Å². The van der Waals surface area contributed by atoms with Crippen molar-refractivity contribution in [3.05, 3.63) is 23.5 Å². The van der Waals surface area contributed by atoms with Crippen LogP contribution in [0.1, 0.15) is 16.8 Å². The molecule has 0 saturated heterocycles. The van der Waals surface area contributed by atoms with Crippen LogP contribution in [0.4, 0.5) is 15.8 Å². The molecule has 1 amide bonds. The number of carbonyl (C=O) groups excluding carboxylic acids is 1. The number of primary amides is 1. The maximum absolute atomic E-state index is 13.6. The number of rotatable bonds is 4. The van der Waals surface area contributed by atoms with Gasteiger partial charge < -0.3 is 16.4 Å². The minimum Gasteiger partial charge on any atom is -0.398 e. The molecule has 0 radical (unpaired) electrons. The zero-order valence-electron chi connectivity index (χ0n) is 9.40. The molecule has 1 aromatic carbocycles. The van der Waals surface area contributed by atoms with Crippen molar-refractivity contribution in [2.24, 2.45) is 5.73 Å². The van der Waals surface area contributed by atoms with Gasteiger partial charge in [-0.1, -0.05) is 0 Å². The number of hydrogen-bond donors (Lipinski definition) is 2. The average molecular weight is 236 g/mol. The number of nitrogens with two attached hydrogens (primary N) is 2. The molecule has 0 fully saturated rings. The Hall–Kier alpha value is -2.29. The third kappa shape index (κ3) is 2.84. The number of benzene rings is 1. The van der Waals surface area contributed by atoms with E-state index in [1.807, 2.05) is 6.07 Å². The lowest BCUT2D eigenvalue weighted by Gasteiger charge is -2.19. The summed E-state index contributed by atoms with van der Waals surface area (Å²) in [5.41, 5.74) is 10.9. The highest BCUT2D eigenvalue weighted by Crippen LogP contribution is 2.24. The summed E-state index contributed by atoms with van der Waals surface area (Å²) in [6.07, 6.45) is 0.256. The maximum atomic E-state index is 13.6. The fourth-order valence-corrected chi connectivity index (χ4v) is 1.42. The summed E-state index contributed by atoms with van der Waals surface area (Å²) >= 11 is 0. The summed E-state index contributed by atoms with van der Waals surface area (Å²) in [6.45, 7) is 0.357. The van der Waals surface area contributed by atoms with Crippen LogP contribution in [0.25, 0.3) is 0 Å². The largest absolute Gasteiger partial charge is 0.398 e. The van der Waals surface area contributed by atoms with Crippen LogP contribution in [0, 0.1) is 17.1 Å². The highest BCUT2D eigenvalue weighted by atomic mass is 19.1. The smallest absolute Gasteiger partial charge is 0.250 e. The summed E-state index contributed by atoms with van der Waals surface area (Å²) in [5.74, 6) is -1.26. The Morgan fingerprint density at radius 1 is 1.59 bits per heavy atom. The SMILES string of the molecule is CN(CCC#N)c1cc(C(N)=O)c(N)cc1F. The van der Waals surface area contributed by atoms with E-state index in [1.165, 1.54) is 11.0 Å². The summed E-state index contributed by atoms with van der Waals surface area (Å²) in [5, 5.41) is 8.45. The van der Waals surface area contributed by atoms with E-state index in [2.05, 4.69) is 0 Å². The van der Waals surface area contributed by atoms with Gasteiger partial charge in [0.15, 0.2) is 0 Å². The van der Waals surface area contributed by atoms with Gasteiger partial charge in [0.2, 0.25) is 0 Å². The molecule has 0 aliphatic heterocycles. The minimum atomic E-state index is -0.711. The second-order valence-corrected chi connectivity index (χ2v) is 3.58. The molecule has 0 aliphatic rings. The molecule has 90 valence electrons. The number of anilines is 2. The summed E-state index contributed by atoms with van der Waals surface area (Å²) in [7, 11) is 1.62.